The van der Waals surface area contributed by atoms with Crippen LogP contribution in [0.2, 0.25) is 0 Å². The van der Waals surface area contributed by atoms with Gasteiger partial charge in [0.25, 0.3) is 5.91 Å². The minimum atomic E-state index is -4.48. The number of benzene rings is 2. The minimum absolute atomic E-state index is 0.0273. The molecule has 0 radical (unpaired) electrons. The Hall–Kier alpha value is -3.39. The molecule has 4 nitrogen and oxygen atoms in total. The van der Waals surface area contributed by atoms with Gasteiger partial charge in [0.15, 0.2) is 0 Å². The van der Waals surface area contributed by atoms with E-state index in [-0.39, 0.29) is 17.3 Å². The first-order chi connectivity index (χ1) is 14.9. The molecule has 31 heavy (non-hydrogen) atoms. The van der Waals surface area contributed by atoms with E-state index in [9.17, 15) is 18.0 Å². The fourth-order valence-corrected chi connectivity index (χ4v) is 4.06. The number of fused-ring (bicyclic) bond motifs is 1. The highest BCUT2D eigenvalue weighted by molar-refractivity contribution is 7.99. The van der Waals surface area contributed by atoms with Crippen LogP contribution in [0.3, 0.4) is 0 Å². The maximum atomic E-state index is 13.4. The third-order valence-corrected chi connectivity index (χ3v) is 5.51. The fourth-order valence-electron chi connectivity index (χ4n) is 3.07. The maximum Gasteiger partial charge on any atom is 0.417 e. The van der Waals surface area contributed by atoms with Crippen LogP contribution in [0.15, 0.2) is 89.0 Å². The lowest BCUT2D eigenvalue weighted by molar-refractivity contribution is -0.139. The number of carbonyl (C=O) groups is 1. The molecule has 2 aromatic heterocycles. The van der Waals surface area contributed by atoms with Gasteiger partial charge in [0, 0.05) is 29.2 Å². The van der Waals surface area contributed by atoms with Gasteiger partial charge >= 0.3 is 6.18 Å². The smallest absolute Gasteiger partial charge is 0.348 e. The molecule has 0 aliphatic rings. The van der Waals surface area contributed by atoms with Crippen LogP contribution in [0, 0.1) is 0 Å². The molecule has 0 aliphatic heterocycles. The first kappa shape index (κ1) is 20.9. The zero-order valence-corrected chi connectivity index (χ0v) is 16.9. The van der Waals surface area contributed by atoms with Gasteiger partial charge in [-0.25, -0.2) is 4.98 Å². The van der Waals surface area contributed by atoms with Crippen LogP contribution in [0.25, 0.3) is 10.9 Å². The molecule has 4 aromatic rings. The largest absolute Gasteiger partial charge is 0.417 e. The molecule has 1 N–H and O–H groups in total. The van der Waals surface area contributed by atoms with Crippen LogP contribution in [0.4, 0.5) is 13.2 Å². The summed E-state index contributed by atoms with van der Waals surface area (Å²) in [7, 11) is 0. The quantitative estimate of drug-likeness (QED) is 0.432. The Bertz CT molecular complexity index is 1230. The van der Waals surface area contributed by atoms with Gasteiger partial charge in [-0.1, -0.05) is 48.2 Å². The number of nitrogens with one attached hydrogen (secondary N) is 1. The average Bonchev–Trinajstić information content (AvgIpc) is 2.77. The number of hydrogen-bond donors (Lipinski definition) is 1. The first-order valence-electron chi connectivity index (χ1n) is 9.33. The lowest BCUT2D eigenvalue weighted by Crippen LogP contribution is -2.23. The van der Waals surface area contributed by atoms with E-state index in [1.54, 1.807) is 48.8 Å². The molecular weight excluding hydrogens is 423 g/mol. The summed E-state index contributed by atoms with van der Waals surface area (Å²) >= 11 is 0.881. The number of amides is 1. The molecule has 156 valence electrons. The molecule has 8 heteroatoms. The molecule has 2 heterocycles. The predicted octanol–water partition coefficient (Wildman–Crippen LogP) is 5.73. The summed E-state index contributed by atoms with van der Waals surface area (Å²) in [6.07, 6.45) is -1.19. The summed E-state index contributed by atoms with van der Waals surface area (Å²) in [6, 6.07) is 17.5. The Morgan fingerprint density at radius 2 is 1.77 bits per heavy atom. The van der Waals surface area contributed by atoms with E-state index in [2.05, 4.69) is 15.3 Å². The topological polar surface area (TPSA) is 54.9 Å². The number of carbonyl (C=O) groups excluding carboxylic acids is 1. The van der Waals surface area contributed by atoms with Gasteiger partial charge in [-0.05, 0) is 35.9 Å². The molecule has 4 rings (SSSR count). The molecule has 1 amide bonds. The number of pyridine rings is 2. The number of aromatic nitrogens is 2. The standard InChI is InChI=1S/C23H16F3N3OS/c24-23(25,26)18-8-2-4-10-20(18)31-21-12-17(16-7-1-3-9-19(16)29-21)22(30)28-14-15-6-5-11-27-13-15/h1-13H,14H2,(H,28,30). The van der Waals surface area contributed by atoms with Crippen molar-refractivity contribution in [2.24, 2.45) is 0 Å². The fraction of sp³-hybridized carbons (Fsp3) is 0.0870. The zero-order valence-electron chi connectivity index (χ0n) is 16.1. The van der Waals surface area contributed by atoms with Crippen molar-refractivity contribution in [3.63, 3.8) is 0 Å². The Balaban J connectivity index is 1.68. The van der Waals surface area contributed by atoms with E-state index in [1.807, 2.05) is 6.07 Å². The van der Waals surface area contributed by atoms with Crippen LogP contribution in [-0.4, -0.2) is 15.9 Å². The number of nitrogens with zero attached hydrogens (tertiary/aromatic N) is 2. The summed E-state index contributed by atoms with van der Waals surface area (Å²) in [6.45, 7) is 0.280. The highest BCUT2D eigenvalue weighted by Gasteiger charge is 2.33. The number of hydrogen-bond acceptors (Lipinski definition) is 4. The van der Waals surface area contributed by atoms with Gasteiger partial charge in [-0.2, -0.15) is 13.2 Å². The van der Waals surface area contributed by atoms with Crippen molar-refractivity contribution in [3.05, 3.63) is 95.8 Å². The van der Waals surface area contributed by atoms with Crippen molar-refractivity contribution < 1.29 is 18.0 Å². The van der Waals surface area contributed by atoms with Crippen molar-refractivity contribution in [3.8, 4) is 0 Å². The van der Waals surface area contributed by atoms with Gasteiger partial charge < -0.3 is 5.32 Å². The minimum Gasteiger partial charge on any atom is -0.348 e. The van der Waals surface area contributed by atoms with Crippen molar-refractivity contribution in [1.29, 1.82) is 0 Å². The molecule has 2 aromatic carbocycles. The lowest BCUT2D eigenvalue weighted by atomic mass is 10.1. The van der Waals surface area contributed by atoms with Crippen LogP contribution in [-0.2, 0) is 12.7 Å². The molecule has 0 saturated heterocycles. The highest BCUT2D eigenvalue weighted by atomic mass is 32.2. The van der Waals surface area contributed by atoms with Crippen LogP contribution in [0.1, 0.15) is 21.5 Å². The van der Waals surface area contributed by atoms with E-state index < -0.39 is 11.7 Å². The molecule has 0 fully saturated rings. The third-order valence-electron chi connectivity index (χ3n) is 4.52. The summed E-state index contributed by atoms with van der Waals surface area (Å²) in [5.74, 6) is -0.339. The SMILES string of the molecule is O=C(NCc1cccnc1)c1cc(Sc2ccccc2C(F)(F)F)nc2ccccc12. The molecule has 0 spiro atoms. The lowest BCUT2D eigenvalue weighted by Gasteiger charge is -2.13. The van der Waals surface area contributed by atoms with E-state index in [0.29, 0.717) is 21.5 Å². The van der Waals surface area contributed by atoms with Gasteiger partial charge in [0.05, 0.1) is 16.6 Å². The number of rotatable bonds is 5. The van der Waals surface area contributed by atoms with Gasteiger partial charge in [0.1, 0.15) is 5.03 Å². The monoisotopic (exact) mass is 439 g/mol. The molecule has 0 atom stereocenters. The normalized spacial score (nSPS) is 11.5. The summed E-state index contributed by atoms with van der Waals surface area (Å²) in [5.41, 5.74) is 0.977. The maximum absolute atomic E-state index is 13.4. The van der Waals surface area contributed by atoms with Crippen molar-refractivity contribution >= 4 is 28.6 Å². The summed E-state index contributed by atoms with van der Waals surface area (Å²) in [5, 5.41) is 3.77. The number of halogens is 3. The van der Waals surface area contributed by atoms with Crippen molar-refractivity contribution in [2.45, 2.75) is 22.6 Å². The van der Waals surface area contributed by atoms with Gasteiger partial charge in [-0.3, -0.25) is 9.78 Å². The third kappa shape index (κ3) is 4.86. The Kier molecular flexibility index (Phi) is 5.90. The number of para-hydroxylation sites is 1. The predicted molar refractivity (Wildman–Crippen MR) is 113 cm³/mol. The Morgan fingerprint density at radius 1 is 1.00 bits per heavy atom. The molecule has 0 unspecified atom stereocenters. The average molecular weight is 439 g/mol. The van der Waals surface area contributed by atoms with Gasteiger partial charge in [-0.15, -0.1) is 0 Å². The Morgan fingerprint density at radius 3 is 2.55 bits per heavy atom. The molecule has 0 saturated carbocycles. The van der Waals surface area contributed by atoms with Crippen molar-refractivity contribution in [2.75, 3.05) is 0 Å². The Labute approximate surface area is 180 Å². The van der Waals surface area contributed by atoms with Crippen LogP contribution in [0.5, 0.6) is 0 Å². The first-order valence-corrected chi connectivity index (χ1v) is 10.1. The summed E-state index contributed by atoms with van der Waals surface area (Å²) < 4.78 is 40.1. The zero-order chi connectivity index (χ0) is 21.8. The van der Waals surface area contributed by atoms with E-state index in [4.69, 9.17) is 0 Å². The van der Waals surface area contributed by atoms with E-state index in [0.717, 1.165) is 23.4 Å². The highest BCUT2D eigenvalue weighted by Crippen LogP contribution is 2.39. The van der Waals surface area contributed by atoms with E-state index >= 15 is 0 Å². The molecule has 0 bridgehead atoms. The van der Waals surface area contributed by atoms with E-state index in [1.165, 1.54) is 18.2 Å². The second-order valence-corrected chi connectivity index (χ2v) is 7.73. The van der Waals surface area contributed by atoms with Crippen LogP contribution < -0.4 is 5.32 Å². The number of alkyl halides is 3. The summed E-state index contributed by atoms with van der Waals surface area (Å²) in [4.78, 5) is 21.4. The van der Waals surface area contributed by atoms with Crippen molar-refractivity contribution in [1.82, 2.24) is 15.3 Å². The second kappa shape index (κ2) is 8.77. The van der Waals surface area contributed by atoms with Crippen LogP contribution >= 0.6 is 11.8 Å². The van der Waals surface area contributed by atoms with Gasteiger partial charge in [0.2, 0.25) is 0 Å². The molecular formula is C23H16F3N3OS. The molecule has 0 aliphatic carbocycles. The second-order valence-electron chi connectivity index (χ2n) is 6.67.